The zero-order valence-electron chi connectivity index (χ0n) is 11.2. The van der Waals surface area contributed by atoms with Gasteiger partial charge in [-0.15, -0.1) is 0 Å². The smallest absolute Gasteiger partial charge is 0.226 e. The SMILES string of the molecule is CCN(CC(C)(C)O)C(=O)C1CC1c1ccco1. The summed E-state index contributed by atoms with van der Waals surface area (Å²) in [4.78, 5) is 14.0. The standard InChI is InChI=1S/C14H21NO3/c1-4-15(9-14(2,3)17)13(16)11-8-10(11)12-6-5-7-18-12/h5-7,10-11,17H,4,8-9H2,1-3H3. The minimum atomic E-state index is -0.846. The van der Waals surface area contributed by atoms with Crippen molar-refractivity contribution in [2.24, 2.45) is 5.92 Å². The molecule has 2 rings (SSSR count). The highest BCUT2D eigenvalue weighted by atomic mass is 16.3. The van der Waals surface area contributed by atoms with Gasteiger partial charge in [0.25, 0.3) is 0 Å². The lowest BCUT2D eigenvalue weighted by molar-refractivity contribution is -0.135. The number of likely N-dealkylation sites (N-methyl/N-ethyl adjacent to an activating group) is 1. The van der Waals surface area contributed by atoms with Crippen LogP contribution in [0.5, 0.6) is 0 Å². The fourth-order valence-corrected chi connectivity index (χ4v) is 2.33. The Morgan fingerprint density at radius 3 is 2.83 bits per heavy atom. The van der Waals surface area contributed by atoms with Gasteiger partial charge in [0.05, 0.1) is 11.9 Å². The first kappa shape index (κ1) is 13.1. The number of hydrogen-bond acceptors (Lipinski definition) is 3. The largest absolute Gasteiger partial charge is 0.469 e. The van der Waals surface area contributed by atoms with Gasteiger partial charge in [0.1, 0.15) is 5.76 Å². The first-order chi connectivity index (χ1) is 8.42. The summed E-state index contributed by atoms with van der Waals surface area (Å²) in [5.74, 6) is 1.27. The van der Waals surface area contributed by atoms with E-state index in [0.29, 0.717) is 13.1 Å². The quantitative estimate of drug-likeness (QED) is 0.871. The highest BCUT2D eigenvalue weighted by Gasteiger charge is 2.47. The Hall–Kier alpha value is -1.29. The number of rotatable bonds is 5. The van der Waals surface area contributed by atoms with E-state index < -0.39 is 5.60 Å². The molecule has 1 aliphatic rings. The maximum atomic E-state index is 12.3. The van der Waals surface area contributed by atoms with Crippen LogP contribution in [0.4, 0.5) is 0 Å². The molecule has 0 radical (unpaired) electrons. The van der Waals surface area contributed by atoms with Crippen molar-refractivity contribution in [1.29, 1.82) is 0 Å². The van der Waals surface area contributed by atoms with Gasteiger partial charge in [-0.1, -0.05) is 0 Å². The van der Waals surface area contributed by atoms with Gasteiger partial charge in [-0.2, -0.15) is 0 Å². The van der Waals surface area contributed by atoms with Gasteiger partial charge in [0.2, 0.25) is 5.91 Å². The van der Waals surface area contributed by atoms with Crippen molar-refractivity contribution < 1.29 is 14.3 Å². The van der Waals surface area contributed by atoms with E-state index in [1.807, 2.05) is 19.1 Å². The summed E-state index contributed by atoms with van der Waals surface area (Å²) in [5, 5.41) is 9.81. The monoisotopic (exact) mass is 251 g/mol. The second-order valence-electron chi connectivity index (χ2n) is 5.63. The maximum Gasteiger partial charge on any atom is 0.226 e. The molecule has 2 atom stereocenters. The van der Waals surface area contributed by atoms with Gasteiger partial charge >= 0.3 is 0 Å². The van der Waals surface area contributed by atoms with Gasteiger partial charge in [0.15, 0.2) is 0 Å². The van der Waals surface area contributed by atoms with Crippen molar-refractivity contribution in [3.63, 3.8) is 0 Å². The number of aliphatic hydroxyl groups is 1. The first-order valence-electron chi connectivity index (χ1n) is 6.47. The normalized spacial score (nSPS) is 22.9. The second kappa shape index (κ2) is 4.76. The van der Waals surface area contributed by atoms with Gasteiger partial charge in [-0.05, 0) is 39.3 Å². The van der Waals surface area contributed by atoms with E-state index in [0.717, 1.165) is 12.2 Å². The Morgan fingerprint density at radius 2 is 2.33 bits per heavy atom. The van der Waals surface area contributed by atoms with Crippen molar-refractivity contribution in [1.82, 2.24) is 4.90 Å². The maximum absolute atomic E-state index is 12.3. The predicted octanol–water partition coefficient (Wildman–Crippen LogP) is 2.00. The summed E-state index contributed by atoms with van der Waals surface area (Å²) >= 11 is 0. The summed E-state index contributed by atoms with van der Waals surface area (Å²) in [6.45, 7) is 6.39. The molecule has 4 nitrogen and oxygen atoms in total. The van der Waals surface area contributed by atoms with Crippen LogP contribution in [0.1, 0.15) is 38.9 Å². The van der Waals surface area contributed by atoms with Crippen LogP contribution in [0.15, 0.2) is 22.8 Å². The molecule has 0 saturated heterocycles. The number of nitrogens with zero attached hydrogens (tertiary/aromatic N) is 1. The van der Waals surface area contributed by atoms with Crippen LogP contribution in [0.25, 0.3) is 0 Å². The van der Waals surface area contributed by atoms with E-state index in [2.05, 4.69) is 0 Å². The Balaban J connectivity index is 1.96. The Kier molecular flexibility index (Phi) is 3.48. The van der Waals surface area contributed by atoms with Crippen molar-refractivity contribution in [3.05, 3.63) is 24.2 Å². The molecule has 1 aromatic rings. The molecule has 1 amide bonds. The van der Waals surface area contributed by atoms with Crippen molar-refractivity contribution in [2.45, 2.75) is 38.7 Å². The minimum absolute atomic E-state index is 0.0263. The van der Waals surface area contributed by atoms with E-state index in [1.165, 1.54) is 0 Å². The van der Waals surface area contributed by atoms with Crippen LogP contribution >= 0.6 is 0 Å². The number of furan rings is 1. The van der Waals surface area contributed by atoms with Gasteiger partial charge in [-0.3, -0.25) is 4.79 Å². The van der Waals surface area contributed by atoms with Crippen LogP contribution in [-0.4, -0.2) is 34.6 Å². The van der Waals surface area contributed by atoms with Gasteiger partial charge in [-0.25, -0.2) is 0 Å². The fourth-order valence-electron chi connectivity index (χ4n) is 2.33. The predicted molar refractivity (Wildman–Crippen MR) is 68.1 cm³/mol. The highest BCUT2D eigenvalue weighted by Crippen LogP contribution is 2.48. The molecule has 2 unspecified atom stereocenters. The van der Waals surface area contributed by atoms with Crippen LogP contribution in [0.3, 0.4) is 0 Å². The number of carbonyl (C=O) groups excluding carboxylic acids is 1. The molecule has 18 heavy (non-hydrogen) atoms. The molecule has 100 valence electrons. The molecule has 0 bridgehead atoms. The summed E-state index contributed by atoms with van der Waals surface area (Å²) in [5.41, 5.74) is -0.846. The lowest BCUT2D eigenvalue weighted by Gasteiger charge is -2.28. The molecule has 1 aliphatic carbocycles. The summed E-state index contributed by atoms with van der Waals surface area (Å²) in [7, 11) is 0. The van der Waals surface area contributed by atoms with Gasteiger partial charge < -0.3 is 14.4 Å². The molecular weight excluding hydrogens is 230 g/mol. The van der Waals surface area contributed by atoms with Crippen molar-refractivity contribution >= 4 is 5.91 Å². The second-order valence-corrected chi connectivity index (χ2v) is 5.63. The first-order valence-corrected chi connectivity index (χ1v) is 6.47. The zero-order chi connectivity index (χ0) is 13.3. The number of amides is 1. The number of hydrogen-bond donors (Lipinski definition) is 1. The van der Waals surface area contributed by atoms with E-state index in [1.54, 1.807) is 25.0 Å². The van der Waals surface area contributed by atoms with Crippen molar-refractivity contribution in [2.75, 3.05) is 13.1 Å². The third-order valence-corrected chi connectivity index (χ3v) is 3.29. The van der Waals surface area contributed by atoms with Gasteiger partial charge in [0, 0.05) is 24.9 Å². The van der Waals surface area contributed by atoms with Crippen molar-refractivity contribution in [3.8, 4) is 0 Å². The summed E-state index contributed by atoms with van der Waals surface area (Å²) in [6.07, 6.45) is 2.50. The molecule has 1 saturated carbocycles. The molecule has 4 heteroatoms. The molecular formula is C14H21NO3. The third-order valence-electron chi connectivity index (χ3n) is 3.29. The Bertz CT molecular complexity index is 405. The number of carbonyl (C=O) groups is 1. The van der Waals surface area contributed by atoms with Crippen LogP contribution < -0.4 is 0 Å². The lowest BCUT2D eigenvalue weighted by atomic mass is 10.1. The summed E-state index contributed by atoms with van der Waals surface area (Å²) in [6, 6.07) is 3.77. The van der Waals surface area contributed by atoms with E-state index >= 15 is 0 Å². The highest BCUT2D eigenvalue weighted by molar-refractivity contribution is 5.82. The van der Waals surface area contributed by atoms with E-state index in [9.17, 15) is 9.90 Å². The lowest BCUT2D eigenvalue weighted by Crippen LogP contribution is -2.42. The summed E-state index contributed by atoms with van der Waals surface area (Å²) < 4.78 is 5.33. The fraction of sp³-hybridized carbons (Fsp3) is 0.643. The third kappa shape index (κ3) is 2.93. The average Bonchev–Trinajstić information content (AvgIpc) is 2.90. The van der Waals surface area contributed by atoms with Crippen LogP contribution in [0.2, 0.25) is 0 Å². The molecule has 1 N–H and O–H groups in total. The Labute approximate surface area is 108 Å². The molecule has 0 aliphatic heterocycles. The minimum Gasteiger partial charge on any atom is -0.469 e. The topological polar surface area (TPSA) is 53.7 Å². The molecule has 1 aromatic heterocycles. The molecule has 0 spiro atoms. The average molecular weight is 251 g/mol. The van der Waals surface area contributed by atoms with Crippen LogP contribution in [0, 0.1) is 5.92 Å². The molecule has 1 fully saturated rings. The molecule has 0 aromatic carbocycles. The van der Waals surface area contributed by atoms with E-state index in [-0.39, 0.29) is 17.7 Å². The zero-order valence-corrected chi connectivity index (χ0v) is 11.2. The molecule has 1 heterocycles. The Morgan fingerprint density at radius 1 is 1.61 bits per heavy atom. The van der Waals surface area contributed by atoms with Crippen LogP contribution in [-0.2, 0) is 4.79 Å². The van der Waals surface area contributed by atoms with E-state index in [4.69, 9.17) is 4.42 Å².